The van der Waals surface area contributed by atoms with Crippen LogP contribution < -0.4 is 10.2 Å². The van der Waals surface area contributed by atoms with Gasteiger partial charge >= 0.3 is 0 Å². The molecule has 2 saturated heterocycles. The van der Waals surface area contributed by atoms with Crippen molar-refractivity contribution in [1.82, 2.24) is 9.21 Å². The number of likely N-dealkylation sites (N-methyl/N-ethyl adjacent to an activating group) is 1. The lowest BCUT2D eigenvalue weighted by molar-refractivity contribution is -0.120. The Balaban J connectivity index is 1.44. The zero-order valence-corrected chi connectivity index (χ0v) is 20.5. The largest absolute Gasteiger partial charge is 0.367 e. The average Bonchev–Trinajstić information content (AvgIpc) is 2.85. The fourth-order valence-corrected chi connectivity index (χ4v) is 6.18. The number of halogens is 1. The maximum atomic E-state index is 13.2. The highest BCUT2D eigenvalue weighted by atomic mass is 35.5. The maximum Gasteiger partial charge on any atom is 0.243 e. The number of piperazine rings is 1. The number of nitrogens with zero attached hydrogens (tertiary/aromatic N) is 3. The third kappa shape index (κ3) is 5.51. The molecular formula is C24H31ClN4O3S. The van der Waals surface area contributed by atoms with E-state index in [9.17, 15) is 13.2 Å². The number of para-hydroxylation sites is 2. The molecule has 4 rings (SSSR count). The van der Waals surface area contributed by atoms with Crippen molar-refractivity contribution in [3.63, 3.8) is 0 Å². The predicted molar refractivity (Wildman–Crippen MR) is 132 cm³/mol. The van der Waals surface area contributed by atoms with E-state index in [4.69, 9.17) is 11.6 Å². The summed E-state index contributed by atoms with van der Waals surface area (Å²) in [6.07, 6.45) is 1.31. The quantitative estimate of drug-likeness (QED) is 0.670. The molecule has 1 amide bonds. The van der Waals surface area contributed by atoms with Crippen molar-refractivity contribution >= 4 is 38.9 Å². The zero-order valence-electron chi connectivity index (χ0n) is 18.9. The van der Waals surface area contributed by atoms with E-state index in [2.05, 4.69) is 22.0 Å². The van der Waals surface area contributed by atoms with Crippen LogP contribution >= 0.6 is 11.6 Å². The Kier molecular flexibility index (Phi) is 7.58. The van der Waals surface area contributed by atoms with Gasteiger partial charge in [-0.2, -0.15) is 4.31 Å². The SMILES string of the molecule is CCN1CCN(c2ccccc2NC(=O)[C@H]2CCCN(S(=O)(=O)c3ccc(Cl)cc3)C2)CC1. The molecule has 0 bridgehead atoms. The van der Waals surface area contributed by atoms with Crippen LogP contribution in [0, 0.1) is 5.92 Å². The van der Waals surface area contributed by atoms with Crippen molar-refractivity contribution in [2.75, 3.05) is 56.0 Å². The summed E-state index contributed by atoms with van der Waals surface area (Å²) >= 11 is 5.91. The zero-order chi connectivity index (χ0) is 23.4. The van der Waals surface area contributed by atoms with E-state index in [0.717, 1.165) is 44.1 Å². The molecule has 1 atom stereocenters. The van der Waals surface area contributed by atoms with Gasteiger partial charge in [0, 0.05) is 44.3 Å². The first-order valence-electron chi connectivity index (χ1n) is 11.5. The van der Waals surface area contributed by atoms with Crippen LogP contribution in [0.1, 0.15) is 19.8 Å². The molecule has 2 aliphatic heterocycles. The van der Waals surface area contributed by atoms with Crippen LogP contribution in [0.4, 0.5) is 11.4 Å². The van der Waals surface area contributed by atoms with Gasteiger partial charge in [0.1, 0.15) is 0 Å². The number of anilines is 2. The van der Waals surface area contributed by atoms with Gasteiger partial charge in [-0.05, 0) is 55.8 Å². The van der Waals surface area contributed by atoms with Crippen LogP contribution in [0.3, 0.4) is 0 Å². The Bertz CT molecular complexity index is 1070. The standard InChI is InChI=1S/C24H31ClN4O3S/c1-2-27-14-16-28(17-15-27)23-8-4-3-7-22(23)26-24(30)19-6-5-13-29(18-19)33(31,32)21-11-9-20(25)10-12-21/h3-4,7-12,19H,2,5-6,13-18H2,1H3,(H,26,30)/t19-/m0/s1. The number of benzene rings is 2. The summed E-state index contributed by atoms with van der Waals surface area (Å²) in [6.45, 7) is 7.63. The summed E-state index contributed by atoms with van der Waals surface area (Å²) in [5, 5.41) is 3.57. The number of amides is 1. The van der Waals surface area contributed by atoms with Gasteiger partial charge < -0.3 is 15.1 Å². The van der Waals surface area contributed by atoms with Gasteiger partial charge in [0.2, 0.25) is 15.9 Å². The van der Waals surface area contributed by atoms with Crippen LogP contribution in [0.25, 0.3) is 0 Å². The molecular weight excluding hydrogens is 460 g/mol. The minimum absolute atomic E-state index is 0.134. The maximum absolute atomic E-state index is 13.2. The Morgan fingerprint density at radius 1 is 1.03 bits per heavy atom. The molecule has 9 heteroatoms. The summed E-state index contributed by atoms with van der Waals surface area (Å²) in [5.41, 5.74) is 1.80. The smallest absolute Gasteiger partial charge is 0.243 e. The molecule has 7 nitrogen and oxygen atoms in total. The highest BCUT2D eigenvalue weighted by Gasteiger charge is 2.33. The van der Waals surface area contributed by atoms with Gasteiger partial charge in [-0.25, -0.2) is 8.42 Å². The number of hydrogen-bond acceptors (Lipinski definition) is 5. The lowest BCUT2D eigenvalue weighted by atomic mass is 9.98. The van der Waals surface area contributed by atoms with Gasteiger partial charge in [0.15, 0.2) is 0 Å². The van der Waals surface area contributed by atoms with Gasteiger partial charge in [0.05, 0.1) is 22.2 Å². The van der Waals surface area contributed by atoms with E-state index >= 15 is 0 Å². The van der Waals surface area contributed by atoms with E-state index < -0.39 is 15.9 Å². The Morgan fingerprint density at radius 2 is 1.73 bits per heavy atom. The van der Waals surface area contributed by atoms with Gasteiger partial charge in [-0.15, -0.1) is 0 Å². The van der Waals surface area contributed by atoms with Crippen LogP contribution in [-0.2, 0) is 14.8 Å². The first kappa shape index (κ1) is 24.0. The summed E-state index contributed by atoms with van der Waals surface area (Å²) in [5.74, 6) is -0.531. The number of carbonyl (C=O) groups excluding carboxylic acids is 1. The van der Waals surface area contributed by atoms with Crippen molar-refractivity contribution < 1.29 is 13.2 Å². The normalized spacial score (nSPS) is 20.5. The Labute approximate surface area is 201 Å². The molecule has 1 N–H and O–H groups in total. The van der Waals surface area contributed by atoms with E-state index in [0.29, 0.717) is 24.4 Å². The molecule has 2 aromatic rings. The van der Waals surface area contributed by atoms with Gasteiger partial charge in [-0.3, -0.25) is 4.79 Å². The molecule has 2 aromatic carbocycles. The number of hydrogen-bond donors (Lipinski definition) is 1. The molecule has 178 valence electrons. The average molecular weight is 491 g/mol. The Hall–Kier alpha value is -2.13. The monoisotopic (exact) mass is 490 g/mol. The second-order valence-electron chi connectivity index (χ2n) is 8.58. The molecule has 2 fully saturated rings. The van der Waals surface area contributed by atoms with E-state index in [1.165, 1.54) is 16.4 Å². The lowest BCUT2D eigenvalue weighted by Gasteiger charge is -2.36. The second kappa shape index (κ2) is 10.4. The van der Waals surface area contributed by atoms with Gasteiger partial charge in [-0.1, -0.05) is 30.7 Å². The highest BCUT2D eigenvalue weighted by molar-refractivity contribution is 7.89. The van der Waals surface area contributed by atoms with Crippen LogP contribution in [-0.4, -0.2) is 69.3 Å². The molecule has 0 aromatic heterocycles. The molecule has 2 aliphatic rings. The predicted octanol–water partition coefficient (Wildman–Crippen LogP) is 3.52. The summed E-state index contributed by atoms with van der Waals surface area (Å²) in [4.78, 5) is 18.1. The fourth-order valence-electron chi connectivity index (χ4n) is 4.53. The van der Waals surface area contributed by atoms with Crippen LogP contribution in [0.2, 0.25) is 5.02 Å². The van der Waals surface area contributed by atoms with Crippen molar-refractivity contribution in [1.29, 1.82) is 0 Å². The van der Waals surface area contributed by atoms with Crippen LogP contribution in [0.15, 0.2) is 53.4 Å². The van der Waals surface area contributed by atoms with Crippen molar-refractivity contribution in [3.8, 4) is 0 Å². The lowest BCUT2D eigenvalue weighted by Crippen LogP contribution is -2.46. The summed E-state index contributed by atoms with van der Waals surface area (Å²) < 4.78 is 27.6. The molecule has 0 saturated carbocycles. The number of rotatable bonds is 6. The topological polar surface area (TPSA) is 73.0 Å². The first-order valence-corrected chi connectivity index (χ1v) is 13.3. The molecule has 2 heterocycles. The van der Waals surface area contributed by atoms with Crippen LogP contribution in [0.5, 0.6) is 0 Å². The van der Waals surface area contributed by atoms with Crippen molar-refractivity contribution in [2.24, 2.45) is 5.92 Å². The number of nitrogens with one attached hydrogen (secondary N) is 1. The first-order chi connectivity index (χ1) is 15.9. The fraction of sp³-hybridized carbons (Fsp3) is 0.458. The highest BCUT2D eigenvalue weighted by Crippen LogP contribution is 2.29. The molecule has 0 spiro atoms. The number of piperidine rings is 1. The van der Waals surface area contributed by atoms with Crippen molar-refractivity contribution in [2.45, 2.75) is 24.7 Å². The van der Waals surface area contributed by atoms with Crippen molar-refractivity contribution in [3.05, 3.63) is 53.6 Å². The molecule has 0 unspecified atom stereocenters. The number of carbonyl (C=O) groups is 1. The van der Waals surface area contributed by atoms with E-state index in [1.54, 1.807) is 12.1 Å². The second-order valence-corrected chi connectivity index (χ2v) is 11.0. The third-order valence-electron chi connectivity index (χ3n) is 6.53. The third-order valence-corrected chi connectivity index (χ3v) is 8.66. The van der Waals surface area contributed by atoms with E-state index in [-0.39, 0.29) is 17.3 Å². The Morgan fingerprint density at radius 3 is 2.42 bits per heavy atom. The molecule has 0 aliphatic carbocycles. The minimum atomic E-state index is -3.67. The van der Waals surface area contributed by atoms with Gasteiger partial charge in [0.25, 0.3) is 0 Å². The molecule has 33 heavy (non-hydrogen) atoms. The summed E-state index contributed by atoms with van der Waals surface area (Å²) in [7, 11) is -3.67. The number of sulfonamides is 1. The van der Waals surface area contributed by atoms with E-state index in [1.807, 2.05) is 24.3 Å². The molecule has 0 radical (unpaired) electrons. The summed E-state index contributed by atoms with van der Waals surface area (Å²) in [6, 6.07) is 14.0. The minimum Gasteiger partial charge on any atom is -0.367 e.